The minimum atomic E-state index is -0.924. The van der Waals surface area contributed by atoms with Gasteiger partial charge in [-0.1, -0.05) is 25.0 Å². The van der Waals surface area contributed by atoms with Crippen LogP contribution in [-0.4, -0.2) is 36.7 Å². The number of benzene rings is 1. The van der Waals surface area contributed by atoms with Gasteiger partial charge in [-0.3, -0.25) is 4.98 Å². The van der Waals surface area contributed by atoms with Crippen molar-refractivity contribution in [3.8, 4) is 5.69 Å². The van der Waals surface area contributed by atoms with Crippen molar-refractivity contribution in [2.45, 2.75) is 57.7 Å². The molecule has 7 heteroatoms. The fourth-order valence-corrected chi connectivity index (χ4v) is 5.93. The third-order valence-corrected chi connectivity index (χ3v) is 7.32. The quantitative estimate of drug-likeness (QED) is 0.516. The fraction of sp³-hybridized carbons (Fsp3) is 0.346. The number of carboxylic acid groups (broad SMARTS) is 1. The minimum Gasteiger partial charge on any atom is -0.478 e. The fourth-order valence-electron chi connectivity index (χ4n) is 5.54. The number of hydrogen-bond acceptors (Lipinski definition) is 3. The van der Waals surface area contributed by atoms with Crippen LogP contribution in [0.4, 0.5) is 0 Å². The molecule has 3 aromatic rings. The topological polar surface area (TPSA) is 70.4 Å². The van der Waals surface area contributed by atoms with E-state index >= 15 is 0 Å². The highest BCUT2D eigenvalue weighted by atomic mass is 32.1. The highest BCUT2D eigenvalue weighted by Crippen LogP contribution is 2.44. The van der Waals surface area contributed by atoms with Gasteiger partial charge in [0.2, 0.25) is 0 Å². The molecule has 2 aromatic heterocycles. The second kappa shape index (κ2) is 8.63. The summed E-state index contributed by atoms with van der Waals surface area (Å²) in [6, 6.07) is 15.7. The van der Waals surface area contributed by atoms with Gasteiger partial charge >= 0.3 is 5.97 Å². The molecule has 0 radical (unpaired) electrons. The molecule has 2 atom stereocenters. The lowest BCUT2D eigenvalue weighted by atomic mass is 9.95. The van der Waals surface area contributed by atoms with Crippen LogP contribution in [0.5, 0.6) is 0 Å². The van der Waals surface area contributed by atoms with E-state index in [1.54, 1.807) is 18.2 Å². The number of carboxylic acids is 1. The molecule has 0 unspecified atom stereocenters. The highest BCUT2D eigenvalue weighted by Gasteiger charge is 2.44. The van der Waals surface area contributed by atoms with Gasteiger partial charge in [0.25, 0.3) is 0 Å². The molecule has 33 heavy (non-hydrogen) atoms. The summed E-state index contributed by atoms with van der Waals surface area (Å²) in [7, 11) is 0. The number of thiocarbonyl (C=S) groups is 1. The third kappa shape index (κ3) is 3.80. The van der Waals surface area contributed by atoms with Crippen LogP contribution in [0.1, 0.15) is 70.8 Å². The van der Waals surface area contributed by atoms with E-state index in [2.05, 4.69) is 45.7 Å². The lowest BCUT2D eigenvalue weighted by Gasteiger charge is -2.33. The molecule has 2 aliphatic rings. The van der Waals surface area contributed by atoms with Gasteiger partial charge < -0.3 is 19.9 Å². The second-order valence-electron chi connectivity index (χ2n) is 8.99. The van der Waals surface area contributed by atoms with E-state index in [1.807, 2.05) is 24.4 Å². The summed E-state index contributed by atoms with van der Waals surface area (Å²) in [6.45, 7) is 4.18. The maximum atomic E-state index is 11.5. The van der Waals surface area contributed by atoms with Crippen LogP contribution in [0.3, 0.4) is 0 Å². The Bertz CT molecular complexity index is 1200. The Balaban J connectivity index is 1.63. The molecule has 0 amide bonds. The summed E-state index contributed by atoms with van der Waals surface area (Å²) >= 11 is 5.87. The van der Waals surface area contributed by atoms with Gasteiger partial charge in [0.05, 0.1) is 23.3 Å². The van der Waals surface area contributed by atoms with Gasteiger partial charge in [0.15, 0.2) is 5.11 Å². The van der Waals surface area contributed by atoms with Crippen molar-refractivity contribution in [3.63, 3.8) is 0 Å². The highest BCUT2D eigenvalue weighted by molar-refractivity contribution is 7.80. The van der Waals surface area contributed by atoms with Crippen LogP contribution in [0.2, 0.25) is 0 Å². The number of carbonyl (C=O) groups is 1. The number of nitrogens with one attached hydrogen (secondary N) is 1. The molecule has 2 fully saturated rings. The molecule has 3 heterocycles. The molecule has 1 aliphatic carbocycles. The van der Waals surface area contributed by atoms with E-state index in [9.17, 15) is 9.90 Å². The third-order valence-electron chi connectivity index (χ3n) is 6.99. The van der Waals surface area contributed by atoms with Crippen molar-refractivity contribution in [2.24, 2.45) is 0 Å². The molecule has 1 aromatic carbocycles. The average Bonchev–Trinajstić information content (AvgIpc) is 3.52. The summed E-state index contributed by atoms with van der Waals surface area (Å²) in [5.74, 6) is -0.924. The Labute approximate surface area is 199 Å². The van der Waals surface area contributed by atoms with Crippen LogP contribution in [0, 0.1) is 13.8 Å². The Hall–Kier alpha value is -3.19. The van der Waals surface area contributed by atoms with Crippen molar-refractivity contribution in [1.29, 1.82) is 0 Å². The first kappa shape index (κ1) is 21.6. The molecule has 0 spiro atoms. The number of aryl methyl sites for hydroxylation is 1. The predicted molar refractivity (Wildman–Crippen MR) is 132 cm³/mol. The van der Waals surface area contributed by atoms with Gasteiger partial charge in [-0.25, -0.2) is 4.79 Å². The summed E-state index contributed by atoms with van der Waals surface area (Å²) < 4.78 is 2.14. The minimum absolute atomic E-state index is 0.0260. The van der Waals surface area contributed by atoms with Crippen molar-refractivity contribution >= 4 is 23.3 Å². The summed E-state index contributed by atoms with van der Waals surface area (Å²) in [5.41, 5.74) is 5.46. The van der Waals surface area contributed by atoms with Crippen molar-refractivity contribution in [2.75, 3.05) is 0 Å². The molecule has 5 rings (SSSR count). The number of aromatic nitrogens is 2. The van der Waals surface area contributed by atoms with Gasteiger partial charge in [-0.2, -0.15) is 0 Å². The number of aromatic carboxylic acids is 1. The van der Waals surface area contributed by atoms with E-state index in [0.717, 1.165) is 40.7 Å². The lowest BCUT2D eigenvalue weighted by molar-refractivity contribution is 0.0697. The number of nitrogens with zero attached hydrogens (tertiary/aromatic N) is 3. The van der Waals surface area contributed by atoms with Crippen LogP contribution in [0.25, 0.3) is 5.69 Å². The van der Waals surface area contributed by atoms with Crippen LogP contribution < -0.4 is 5.32 Å². The Kier molecular flexibility index (Phi) is 5.66. The summed E-state index contributed by atoms with van der Waals surface area (Å²) in [6.07, 6.45) is 6.58. The molecule has 170 valence electrons. The normalized spacial score (nSPS) is 20.9. The molecular formula is C26H28N4O2S. The molecule has 6 nitrogen and oxygen atoms in total. The van der Waals surface area contributed by atoms with E-state index in [4.69, 9.17) is 12.2 Å². The molecular weight excluding hydrogens is 432 g/mol. The first-order chi connectivity index (χ1) is 16.0. The first-order valence-electron chi connectivity index (χ1n) is 11.5. The maximum Gasteiger partial charge on any atom is 0.335 e. The van der Waals surface area contributed by atoms with Gasteiger partial charge in [-0.05, 0) is 80.9 Å². The van der Waals surface area contributed by atoms with E-state index in [1.165, 1.54) is 18.4 Å². The Morgan fingerprint density at radius 3 is 2.61 bits per heavy atom. The Morgan fingerprint density at radius 1 is 1.12 bits per heavy atom. The number of pyridine rings is 1. The molecule has 2 N–H and O–H groups in total. The van der Waals surface area contributed by atoms with Gasteiger partial charge in [0, 0.05) is 29.3 Å². The zero-order valence-electron chi connectivity index (χ0n) is 18.9. The Morgan fingerprint density at radius 2 is 1.91 bits per heavy atom. The number of hydrogen-bond donors (Lipinski definition) is 2. The lowest BCUT2D eigenvalue weighted by Crippen LogP contribution is -2.37. The first-order valence-corrected chi connectivity index (χ1v) is 11.9. The zero-order chi connectivity index (χ0) is 23.1. The van der Waals surface area contributed by atoms with E-state index in [-0.39, 0.29) is 17.6 Å². The monoisotopic (exact) mass is 460 g/mol. The summed E-state index contributed by atoms with van der Waals surface area (Å²) in [4.78, 5) is 18.6. The second-order valence-corrected chi connectivity index (χ2v) is 9.38. The molecule has 1 saturated carbocycles. The molecule has 1 aliphatic heterocycles. The maximum absolute atomic E-state index is 11.5. The van der Waals surface area contributed by atoms with E-state index in [0.29, 0.717) is 6.04 Å². The largest absolute Gasteiger partial charge is 0.478 e. The average molecular weight is 461 g/mol. The summed E-state index contributed by atoms with van der Waals surface area (Å²) in [5, 5.41) is 13.8. The van der Waals surface area contributed by atoms with Crippen LogP contribution >= 0.6 is 12.2 Å². The van der Waals surface area contributed by atoms with Crippen molar-refractivity contribution < 1.29 is 9.90 Å². The smallest absolute Gasteiger partial charge is 0.335 e. The standard InChI is InChI=1S/C26H28N4O2S/c1-16-14-21(17(2)29(16)20-11-7-8-18(15-20)25(31)32)24-23(22-12-5-6-13-27-22)28-26(33)30(24)19-9-3-4-10-19/h5-8,11-15,19,23-24H,3-4,9-10H2,1-2H3,(H,28,33)(H,31,32)/t23-,24+/m1/s1. The SMILES string of the molecule is Cc1cc([C@H]2[C@@H](c3ccccn3)NC(=S)N2C2CCCC2)c(C)n1-c1cccc(C(=O)O)c1. The van der Waals surface area contributed by atoms with Crippen molar-refractivity contribution in [1.82, 2.24) is 19.8 Å². The zero-order valence-corrected chi connectivity index (χ0v) is 19.7. The van der Waals surface area contributed by atoms with Gasteiger partial charge in [-0.15, -0.1) is 0 Å². The van der Waals surface area contributed by atoms with Crippen LogP contribution in [-0.2, 0) is 0 Å². The van der Waals surface area contributed by atoms with Crippen molar-refractivity contribution in [3.05, 3.63) is 82.9 Å². The molecule has 1 saturated heterocycles. The number of rotatable bonds is 5. The van der Waals surface area contributed by atoms with E-state index < -0.39 is 5.97 Å². The predicted octanol–water partition coefficient (Wildman–Crippen LogP) is 5.10. The van der Waals surface area contributed by atoms with Crippen LogP contribution in [0.15, 0.2) is 54.7 Å². The molecule has 0 bridgehead atoms. The van der Waals surface area contributed by atoms with Gasteiger partial charge in [0.1, 0.15) is 0 Å².